The Kier molecular flexibility index (Phi) is 12.1. The third kappa shape index (κ3) is 10.4. The van der Waals surface area contributed by atoms with Gasteiger partial charge in [-0.2, -0.15) is 0 Å². The van der Waals surface area contributed by atoms with Crippen LogP contribution in [0.4, 0.5) is 0 Å². The zero-order valence-electron chi connectivity index (χ0n) is 11.8. The molecule has 0 fully saturated rings. The van der Waals surface area contributed by atoms with Gasteiger partial charge in [0.1, 0.15) is 0 Å². The van der Waals surface area contributed by atoms with Gasteiger partial charge in [0.2, 0.25) is 0 Å². The summed E-state index contributed by atoms with van der Waals surface area (Å²) >= 11 is 0. The molecular formula is C12H26N4O2. The van der Waals surface area contributed by atoms with Crippen molar-refractivity contribution in [3.63, 3.8) is 0 Å². The lowest BCUT2D eigenvalue weighted by molar-refractivity contribution is 0.0647. The smallest absolute Gasteiger partial charge is 0.0593 e. The molecule has 6 nitrogen and oxygen atoms in total. The van der Waals surface area contributed by atoms with E-state index in [1.54, 1.807) is 0 Å². The Hall–Kier alpha value is -0.810. The van der Waals surface area contributed by atoms with E-state index in [4.69, 9.17) is 15.0 Å². The predicted octanol–water partition coefficient (Wildman–Crippen LogP) is 2.45. The van der Waals surface area contributed by atoms with Gasteiger partial charge in [-0.25, -0.2) is 0 Å². The number of ether oxygens (including phenoxy) is 2. The van der Waals surface area contributed by atoms with Gasteiger partial charge in [0.05, 0.1) is 19.8 Å². The standard InChI is InChI=1S/C12H26N4O2/c1-4-8-17-10-6-16(12(2)3)7-11-18-9-5-14-15-13/h12H,4-11H2,1-3H3. The molecule has 0 aromatic heterocycles. The monoisotopic (exact) mass is 258 g/mol. The van der Waals surface area contributed by atoms with Crippen LogP contribution in [0.3, 0.4) is 0 Å². The summed E-state index contributed by atoms with van der Waals surface area (Å²) in [5.74, 6) is 0. The normalized spacial score (nSPS) is 10.9. The van der Waals surface area contributed by atoms with E-state index in [0.29, 0.717) is 25.8 Å². The molecule has 0 heterocycles. The maximum absolute atomic E-state index is 8.11. The Morgan fingerprint density at radius 1 is 1.11 bits per heavy atom. The van der Waals surface area contributed by atoms with E-state index < -0.39 is 0 Å². The largest absolute Gasteiger partial charge is 0.380 e. The summed E-state index contributed by atoms with van der Waals surface area (Å²) in [6.07, 6.45) is 1.06. The molecule has 106 valence electrons. The van der Waals surface area contributed by atoms with E-state index >= 15 is 0 Å². The fourth-order valence-electron chi connectivity index (χ4n) is 1.49. The number of hydrogen-bond acceptors (Lipinski definition) is 4. The van der Waals surface area contributed by atoms with Gasteiger partial charge in [-0.15, -0.1) is 0 Å². The van der Waals surface area contributed by atoms with Gasteiger partial charge in [0.15, 0.2) is 0 Å². The molecule has 0 saturated heterocycles. The second-order valence-electron chi connectivity index (χ2n) is 4.31. The quantitative estimate of drug-likeness (QED) is 0.234. The van der Waals surface area contributed by atoms with Crippen molar-refractivity contribution in [2.24, 2.45) is 5.11 Å². The van der Waals surface area contributed by atoms with Crippen molar-refractivity contribution in [3.05, 3.63) is 10.4 Å². The highest BCUT2D eigenvalue weighted by molar-refractivity contribution is 4.62. The third-order valence-electron chi connectivity index (χ3n) is 2.52. The molecule has 0 aromatic carbocycles. The Morgan fingerprint density at radius 2 is 1.72 bits per heavy atom. The van der Waals surface area contributed by atoms with Crippen LogP contribution in [0.15, 0.2) is 5.11 Å². The van der Waals surface area contributed by atoms with Crippen molar-refractivity contribution in [2.45, 2.75) is 33.2 Å². The molecule has 0 bridgehead atoms. The van der Waals surface area contributed by atoms with Gasteiger partial charge in [-0.1, -0.05) is 12.0 Å². The minimum atomic E-state index is 0.401. The van der Waals surface area contributed by atoms with E-state index in [0.717, 1.165) is 32.7 Å². The highest BCUT2D eigenvalue weighted by atomic mass is 16.5. The SMILES string of the molecule is CCCOCCN(CCOCCN=[N+]=[N-])C(C)C. The summed E-state index contributed by atoms with van der Waals surface area (Å²) in [5, 5.41) is 3.42. The van der Waals surface area contributed by atoms with Crippen LogP contribution in [0.25, 0.3) is 10.4 Å². The van der Waals surface area contributed by atoms with E-state index in [1.165, 1.54) is 0 Å². The first-order valence-corrected chi connectivity index (χ1v) is 6.62. The molecular weight excluding hydrogens is 232 g/mol. The molecule has 0 radical (unpaired) electrons. The molecule has 6 heteroatoms. The lowest BCUT2D eigenvalue weighted by atomic mass is 10.3. The Labute approximate surface area is 110 Å². The van der Waals surface area contributed by atoms with Crippen LogP contribution in [-0.2, 0) is 9.47 Å². The van der Waals surface area contributed by atoms with Crippen molar-refractivity contribution < 1.29 is 9.47 Å². The Bertz CT molecular complexity index is 230. The molecule has 0 aliphatic rings. The second kappa shape index (κ2) is 12.6. The summed E-state index contributed by atoms with van der Waals surface area (Å²) in [4.78, 5) is 5.00. The molecule has 18 heavy (non-hydrogen) atoms. The molecule has 0 N–H and O–H groups in total. The molecule has 0 aromatic rings. The van der Waals surface area contributed by atoms with Gasteiger partial charge in [-0.3, -0.25) is 4.90 Å². The van der Waals surface area contributed by atoms with Crippen LogP contribution in [0.5, 0.6) is 0 Å². The van der Waals surface area contributed by atoms with Crippen molar-refractivity contribution >= 4 is 0 Å². The Morgan fingerprint density at radius 3 is 2.22 bits per heavy atom. The fourth-order valence-corrected chi connectivity index (χ4v) is 1.49. The number of rotatable bonds is 12. The van der Waals surface area contributed by atoms with Gasteiger partial charge in [0.25, 0.3) is 0 Å². The van der Waals surface area contributed by atoms with Crippen molar-refractivity contribution in [3.8, 4) is 0 Å². The van der Waals surface area contributed by atoms with E-state index in [-0.39, 0.29) is 0 Å². The highest BCUT2D eigenvalue weighted by Gasteiger charge is 2.08. The van der Waals surface area contributed by atoms with E-state index in [2.05, 4.69) is 35.7 Å². The van der Waals surface area contributed by atoms with Gasteiger partial charge >= 0.3 is 0 Å². The zero-order chi connectivity index (χ0) is 13.6. The number of hydrogen-bond donors (Lipinski definition) is 0. The molecule has 0 atom stereocenters. The van der Waals surface area contributed by atoms with Crippen LogP contribution in [0.1, 0.15) is 27.2 Å². The van der Waals surface area contributed by atoms with Gasteiger partial charge in [-0.05, 0) is 25.8 Å². The van der Waals surface area contributed by atoms with Crippen LogP contribution < -0.4 is 0 Å². The average molecular weight is 258 g/mol. The first kappa shape index (κ1) is 17.2. The van der Waals surface area contributed by atoms with Crippen molar-refractivity contribution in [1.82, 2.24) is 4.90 Å². The molecule has 0 spiro atoms. The highest BCUT2D eigenvalue weighted by Crippen LogP contribution is 1.98. The van der Waals surface area contributed by atoms with Crippen LogP contribution in [0.2, 0.25) is 0 Å². The summed E-state index contributed by atoms with van der Waals surface area (Å²) in [6, 6.07) is 0.482. The Balaban J connectivity index is 3.60. The van der Waals surface area contributed by atoms with Gasteiger partial charge < -0.3 is 9.47 Å². The molecule has 0 rings (SSSR count). The molecule has 0 amide bonds. The summed E-state index contributed by atoms with van der Waals surface area (Å²) in [7, 11) is 0. The fraction of sp³-hybridized carbons (Fsp3) is 1.00. The number of nitrogens with zero attached hydrogens (tertiary/aromatic N) is 4. The zero-order valence-corrected chi connectivity index (χ0v) is 11.8. The third-order valence-corrected chi connectivity index (χ3v) is 2.52. The van der Waals surface area contributed by atoms with Crippen LogP contribution >= 0.6 is 0 Å². The first-order chi connectivity index (χ1) is 8.72. The summed E-state index contributed by atoms with van der Waals surface area (Å²) in [5.41, 5.74) is 8.11. The van der Waals surface area contributed by atoms with Crippen molar-refractivity contribution in [2.75, 3.05) is 46.1 Å². The van der Waals surface area contributed by atoms with Crippen LogP contribution in [0, 0.1) is 0 Å². The topological polar surface area (TPSA) is 70.5 Å². The van der Waals surface area contributed by atoms with Gasteiger partial charge in [0, 0.05) is 37.2 Å². The summed E-state index contributed by atoms with van der Waals surface area (Å²) < 4.78 is 10.9. The lowest BCUT2D eigenvalue weighted by Crippen LogP contribution is -2.36. The maximum Gasteiger partial charge on any atom is 0.0593 e. The number of azide groups is 1. The minimum absolute atomic E-state index is 0.401. The average Bonchev–Trinajstić information content (AvgIpc) is 2.35. The maximum atomic E-state index is 8.11. The molecule has 0 aliphatic carbocycles. The minimum Gasteiger partial charge on any atom is -0.380 e. The van der Waals surface area contributed by atoms with E-state index in [1.807, 2.05) is 0 Å². The van der Waals surface area contributed by atoms with Crippen molar-refractivity contribution in [1.29, 1.82) is 0 Å². The molecule has 0 unspecified atom stereocenters. The summed E-state index contributed by atoms with van der Waals surface area (Å²) in [6.45, 7) is 11.4. The van der Waals surface area contributed by atoms with E-state index in [9.17, 15) is 0 Å². The first-order valence-electron chi connectivity index (χ1n) is 6.62. The second-order valence-corrected chi connectivity index (χ2v) is 4.31. The molecule has 0 saturated carbocycles. The lowest BCUT2D eigenvalue weighted by Gasteiger charge is -2.26. The van der Waals surface area contributed by atoms with Crippen LogP contribution in [-0.4, -0.2) is 57.0 Å². The predicted molar refractivity (Wildman–Crippen MR) is 72.7 cm³/mol. The molecule has 0 aliphatic heterocycles.